The minimum atomic E-state index is 0.227. The molecule has 0 atom stereocenters. The zero-order chi connectivity index (χ0) is 10.7. The summed E-state index contributed by atoms with van der Waals surface area (Å²) in [5, 5.41) is 2.91. The van der Waals surface area contributed by atoms with Gasteiger partial charge >= 0.3 is 0 Å². The van der Waals surface area contributed by atoms with E-state index in [2.05, 4.69) is 16.9 Å². The molecule has 74 valence electrons. The number of benzene rings is 1. The number of carbonyl (C=O) groups excluding carboxylic acids is 1. The molecule has 3 nitrogen and oxygen atoms in total. The van der Waals surface area contributed by atoms with Gasteiger partial charge in [-0.1, -0.05) is 24.3 Å². The molecule has 1 N–H and O–H groups in total. The zero-order valence-electron chi connectivity index (χ0n) is 8.16. The van der Waals surface area contributed by atoms with Gasteiger partial charge in [-0.3, -0.25) is 0 Å². The molecule has 0 fully saturated rings. The molecule has 1 aromatic carbocycles. The molecule has 0 spiro atoms. The monoisotopic (exact) mass is 198 g/mol. The summed E-state index contributed by atoms with van der Waals surface area (Å²) in [6, 6.07) is 7.72. The molecule has 1 aromatic rings. The van der Waals surface area contributed by atoms with Crippen molar-refractivity contribution in [2.24, 2.45) is 4.99 Å². The van der Waals surface area contributed by atoms with Crippen LogP contribution in [-0.2, 0) is 4.79 Å². The second-order valence-electron chi connectivity index (χ2n) is 3.17. The molecule has 0 unspecified atom stereocenters. The van der Waals surface area contributed by atoms with Gasteiger partial charge in [0.25, 0.3) is 0 Å². The van der Waals surface area contributed by atoms with Crippen LogP contribution < -0.4 is 5.32 Å². The predicted octanol–water partition coefficient (Wildman–Crippen LogP) is 2.15. The molecule has 0 amide bonds. The summed E-state index contributed by atoms with van der Waals surface area (Å²) < 4.78 is 0. The number of allylic oxidation sites excluding steroid dienone is 1. The Morgan fingerprint density at radius 3 is 3.00 bits per heavy atom. The fourth-order valence-corrected chi connectivity index (χ4v) is 1.54. The van der Waals surface area contributed by atoms with E-state index in [1.54, 1.807) is 12.0 Å². The second-order valence-corrected chi connectivity index (χ2v) is 3.17. The van der Waals surface area contributed by atoms with E-state index in [1.165, 1.54) is 0 Å². The highest BCUT2D eigenvalue weighted by Gasteiger charge is 2.14. The molecule has 2 rings (SSSR count). The Bertz CT molecular complexity index is 482. The normalized spacial score (nSPS) is 13.3. The molecule has 0 saturated heterocycles. The van der Waals surface area contributed by atoms with Crippen LogP contribution in [0.15, 0.2) is 47.7 Å². The Morgan fingerprint density at radius 2 is 2.27 bits per heavy atom. The maximum absolute atomic E-state index is 10.6. The lowest BCUT2D eigenvalue weighted by atomic mass is 10.0. The molecule has 0 radical (unpaired) electrons. The van der Waals surface area contributed by atoms with Gasteiger partial charge in [0.2, 0.25) is 5.82 Å². The van der Waals surface area contributed by atoms with Crippen molar-refractivity contribution in [3.05, 3.63) is 48.3 Å². The Kier molecular flexibility index (Phi) is 2.48. The first-order valence-corrected chi connectivity index (χ1v) is 4.65. The van der Waals surface area contributed by atoms with Crippen LogP contribution in [0, 0.1) is 0 Å². The van der Waals surface area contributed by atoms with E-state index in [1.807, 2.05) is 24.3 Å². The number of hydrogen-bond acceptors (Lipinski definition) is 3. The molecule has 15 heavy (non-hydrogen) atoms. The molecule has 0 bridgehead atoms. The molecule has 1 heterocycles. The van der Waals surface area contributed by atoms with Gasteiger partial charge in [0.05, 0.1) is 5.71 Å². The van der Waals surface area contributed by atoms with Crippen molar-refractivity contribution < 1.29 is 4.79 Å². The van der Waals surface area contributed by atoms with Crippen molar-refractivity contribution in [3.8, 4) is 0 Å². The van der Waals surface area contributed by atoms with Gasteiger partial charge in [-0.05, 0) is 6.07 Å². The van der Waals surface area contributed by atoms with Crippen molar-refractivity contribution >= 4 is 17.3 Å². The topological polar surface area (TPSA) is 41.5 Å². The third-order valence-electron chi connectivity index (χ3n) is 2.17. The minimum absolute atomic E-state index is 0.227. The fraction of sp³-hybridized carbons (Fsp3) is 0.0833. The Morgan fingerprint density at radius 1 is 1.47 bits per heavy atom. The average Bonchev–Trinajstić information content (AvgIpc) is 2.29. The van der Waals surface area contributed by atoms with Gasteiger partial charge in [0.1, 0.15) is 0 Å². The SMILES string of the molecule is C=CCC1=NC(=C=O)Nc2ccccc21. The maximum Gasteiger partial charge on any atom is 0.217 e. The van der Waals surface area contributed by atoms with E-state index in [9.17, 15) is 4.79 Å². The van der Waals surface area contributed by atoms with E-state index in [0.717, 1.165) is 17.0 Å². The van der Waals surface area contributed by atoms with E-state index in [-0.39, 0.29) is 5.82 Å². The first kappa shape index (κ1) is 9.44. The lowest BCUT2D eigenvalue weighted by Gasteiger charge is -2.17. The van der Waals surface area contributed by atoms with Gasteiger partial charge in [0, 0.05) is 17.7 Å². The number of anilines is 1. The van der Waals surface area contributed by atoms with Crippen molar-refractivity contribution in [2.75, 3.05) is 5.32 Å². The van der Waals surface area contributed by atoms with E-state index < -0.39 is 0 Å². The standard InChI is InChI=1S/C12H10N2O/c1-2-5-10-9-6-3-4-7-11(9)14-12(8-15)13-10/h2-4,6-7,14H,1,5H2. The van der Waals surface area contributed by atoms with Crippen LogP contribution in [-0.4, -0.2) is 11.7 Å². The molecular weight excluding hydrogens is 188 g/mol. The summed E-state index contributed by atoms with van der Waals surface area (Å²) in [6.45, 7) is 3.67. The fourth-order valence-electron chi connectivity index (χ4n) is 1.54. The molecular formula is C12H10N2O. The summed E-state index contributed by atoms with van der Waals surface area (Å²) in [4.78, 5) is 14.7. The Labute approximate surface area is 87.8 Å². The Balaban J connectivity index is 2.54. The van der Waals surface area contributed by atoms with Crippen molar-refractivity contribution in [1.82, 2.24) is 0 Å². The third kappa shape index (κ3) is 1.73. The number of hydrogen-bond donors (Lipinski definition) is 1. The van der Waals surface area contributed by atoms with E-state index in [4.69, 9.17) is 0 Å². The van der Waals surface area contributed by atoms with Crippen molar-refractivity contribution in [3.63, 3.8) is 0 Å². The molecule has 0 saturated carbocycles. The van der Waals surface area contributed by atoms with Gasteiger partial charge in [-0.2, -0.15) is 0 Å². The summed E-state index contributed by atoms with van der Waals surface area (Å²) in [6.07, 6.45) is 2.41. The van der Waals surface area contributed by atoms with Crippen LogP contribution in [0.4, 0.5) is 5.69 Å². The first-order valence-electron chi connectivity index (χ1n) is 4.65. The number of aliphatic imine (C=N–C) groups is 1. The number of para-hydroxylation sites is 1. The highest BCUT2D eigenvalue weighted by atomic mass is 16.1. The van der Waals surface area contributed by atoms with Gasteiger partial charge in [-0.15, -0.1) is 6.58 Å². The molecule has 3 heteroatoms. The van der Waals surface area contributed by atoms with Crippen molar-refractivity contribution in [1.29, 1.82) is 0 Å². The van der Waals surface area contributed by atoms with Gasteiger partial charge in [-0.25, -0.2) is 9.79 Å². The number of fused-ring (bicyclic) bond motifs is 1. The highest BCUT2D eigenvalue weighted by Crippen LogP contribution is 2.23. The van der Waals surface area contributed by atoms with Gasteiger partial charge < -0.3 is 5.32 Å². The van der Waals surface area contributed by atoms with Crippen LogP contribution >= 0.6 is 0 Å². The molecule has 1 aliphatic heterocycles. The molecule has 0 aliphatic carbocycles. The summed E-state index contributed by atoms with van der Waals surface area (Å²) >= 11 is 0. The average molecular weight is 198 g/mol. The quantitative estimate of drug-likeness (QED) is 0.584. The van der Waals surface area contributed by atoms with Crippen LogP contribution in [0.5, 0.6) is 0 Å². The Hall–Kier alpha value is -2.12. The molecule has 0 aromatic heterocycles. The predicted molar refractivity (Wildman–Crippen MR) is 60.6 cm³/mol. The van der Waals surface area contributed by atoms with E-state index >= 15 is 0 Å². The highest BCUT2D eigenvalue weighted by molar-refractivity contribution is 6.08. The summed E-state index contributed by atoms with van der Waals surface area (Å²) in [7, 11) is 0. The summed E-state index contributed by atoms with van der Waals surface area (Å²) in [5.74, 6) is 1.99. The van der Waals surface area contributed by atoms with Crippen LogP contribution in [0.25, 0.3) is 0 Å². The smallest absolute Gasteiger partial charge is 0.217 e. The lowest BCUT2D eigenvalue weighted by Crippen LogP contribution is -2.13. The number of nitrogens with zero attached hydrogens (tertiary/aromatic N) is 1. The van der Waals surface area contributed by atoms with Crippen LogP contribution in [0.2, 0.25) is 0 Å². The second kappa shape index (κ2) is 3.95. The number of rotatable bonds is 2. The maximum atomic E-state index is 10.6. The number of nitrogens with one attached hydrogen (secondary N) is 1. The summed E-state index contributed by atoms with van der Waals surface area (Å²) in [5.41, 5.74) is 2.75. The lowest BCUT2D eigenvalue weighted by molar-refractivity contribution is 0.567. The van der Waals surface area contributed by atoms with Crippen LogP contribution in [0.3, 0.4) is 0 Å². The van der Waals surface area contributed by atoms with E-state index in [0.29, 0.717) is 6.42 Å². The third-order valence-corrected chi connectivity index (χ3v) is 2.17. The van der Waals surface area contributed by atoms with Crippen LogP contribution in [0.1, 0.15) is 12.0 Å². The zero-order valence-corrected chi connectivity index (χ0v) is 8.16. The van der Waals surface area contributed by atoms with Crippen molar-refractivity contribution in [2.45, 2.75) is 6.42 Å². The first-order chi connectivity index (χ1) is 7.35. The molecule has 1 aliphatic rings. The largest absolute Gasteiger partial charge is 0.330 e. The van der Waals surface area contributed by atoms with Gasteiger partial charge in [0.15, 0.2) is 5.94 Å². The minimum Gasteiger partial charge on any atom is -0.330 e.